The zero-order valence-corrected chi connectivity index (χ0v) is 8.61. The van der Waals surface area contributed by atoms with Crippen LogP contribution >= 0.6 is 0 Å². The minimum absolute atomic E-state index is 0.0256. The number of esters is 1. The van der Waals surface area contributed by atoms with Crippen LogP contribution in [0.1, 0.15) is 10.4 Å². The van der Waals surface area contributed by atoms with E-state index in [4.69, 9.17) is 4.55 Å². The molecular formula is C8H9NO5S. The summed E-state index contributed by atoms with van der Waals surface area (Å²) < 4.78 is 35.9. The molecule has 0 saturated carbocycles. The Labute approximate surface area is 86.8 Å². The third-order valence-corrected chi connectivity index (χ3v) is 2.05. The van der Waals surface area contributed by atoms with E-state index in [2.05, 4.69) is 4.74 Å². The zero-order chi connectivity index (χ0) is 11.5. The van der Waals surface area contributed by atoms with Crippen molar-refractivity contribution in [2.45, 2.75) is 0 Å². The average molecular weight is 231 g/mol. The van der Waals surface area contributed by atoms with Crippen LogP contribution in [-0.2, 0) is 15.0 Å². The Morgan fingerprint density at radius 1 is 1.40 bits per heavy atom. The van der Waals surface area contributed by atoms with Gasteiger partial charge in [0.1, 0.15) is 0 Å². The Morgan fingerprint density at radius 2 is 2.00 bits per heavy atom. The summed E-state index contributed by atoms with van der Waals surface area (Å²) in [4.78, 5) is 11.2. The van der Waals surface area contributed by atoms with E-state index in [1.807, 2.05) is 0 Å². The molecular weight excluding hydrogens is 222 g/mol. The van der Waals surface area contributed by atoms with E-state index in [9.17, 15) is 13.2 Å². The van der Waals surface area contributed by atoms with Gasteiger partial charge in [0.25, 0.3) is 0 Å². The van der Waals surface area contributed by atoms with Gasteiger partial charge in [-0.25, -0.2) is 4.79 Å². The minimum atomic E-state index is -4.40. The molecule has 0 aliphatic heterocycles. The molecule has 6 nitrogen and oxygen atoms in total. The van der Waals surface area contributed by atoms with Crippen molar-refractivity contribution in [3.05, 3.63) is 29.8 Å². The lowest BCUT2D eigenvalue weighted by Crippen LogP contribution is -2.14. The van der Waals surface area contributed by atoms with Crippen LogP contribution in [0.25, 0.3) is 0 Å². The van der Waals surface area contributed by atoms with Gasteiger partial charge in [-0.05, 0) is 12.1 Å². The second kappa shape index (κ2) is 4.28. The van der Waals surface area contributed by atoms with E-state index >= 15 is 0 Å². The number of hydrogen-bond acceptors (Lipinski definition) is 4. The molecule has 0 fully saturated rings. The molecule has 1 aromatic rings. The van der Waals surface area contributed by atoms with Crippen LogP contribution in [0.4, 0.5) is 5.69 Å². The summed E-state index contributed by atoms with van der Waals surface area (Å²) in [6.07, 6.45) is 0. The third-order valence-electron chi connectivity index (χ3n) is 1.57. The molecule has 0 spiro atoms. The van der Waals surface area contributed by atoms with Crippen LogP contribution in [-0.4, -0.2) is 26.0 Å². The normalized spacial score (nSPS) is 10.8. The van der Waals surface area contributed by atoms with Crippen molar-refractivity contribution >= 4 is 22.0 Å². The molecule has 0 unspecified atom stereocenters. The largest absolute Gasteiger partial charge is 0.465 e. The Kier molecular flexibility index (Phi) is 3.28. The number of anilines is 1. The van der Waals surface area contributed by atoms with Gasteiger partial charge in [0.05, 0.1) is 18.4 Å². The van der Waals surface area contributed by atoms with Gasteiger partial charge in [-0.15, -0.1) is 0 Å². The number of hydrogen-bond donors (Lipinski definition) is 2. The summed E-state index contributed by atoms with van der Waals surface area (Å²) in [6, 6.07) is 5.76. The molecule has 15 heavy (non-hydrogen) atoms. The molecule has 0 radical (unpaired) electrons. The Balaban J connectivity index is 3.13. The summed E-state index contributed by atoms with van der Waals surface area (Å²) in [5.74, 6) is -0.693. The van der Waals surface area contributed by atoms with E-state index in [0.29, 0.717) is 0 Å². The van der Waals surface area contributed by atoms with Crippen LogP contribution < -0.4 is 4.72 Å². The Bertz CT molecular complexity index is 468. The molecule has 0 aromatic heterocycles. The number of ether oxygens (including phenoxy) is 1. The fourth-order valence-corrected chi connectivity index (χ4v) is 1.45. The van der Waals surface area contributed by atoms with Crippen molar-refractivity contribution in [2.75, 3.05) is 11.8 Å². The number of benzene rings is 1. The van der Waals surface area contributed by atoms with Gasteiger partial charge in [0.2, 0.25) is 0 Å². The molecule has 7 heteroatoms. The second-order valence-corrected chi connectivity index (χ2v) is 3.77. The van der Waals surface area contributed by atoms with Crippen molar-refractivity contribution in [2.24, 2.45) is 0 Å². The highest BCUT2D eigenvalue weighted by atomic mass is 32.2. The van der Waals surface area contributed by atoms with Gasteiger partial charge in [0, 0.05) is 0 Å². The second-order valence-electron chi connectivity index (χ2n) is 2.61. The number of carbonyl (C=O) groups excluding carboxylic acids is 1. The number of carbonyl (C=O) groups is 1. The molecule has 82 valence electrons. The summed E-state index contributed by atoms with van der Waals surface area (Å²) in [5, 5.41) is 0. The SMILES string of the molecule is COC(=O)c1ccccc1NS(=O)(=O)O. The van der Waals surface area contributed by atoms with E-state index in [1.54, 1.807) is 10.8 Å². The van der Waals surface area contributed by atoms with Crippen LogP contribution in [0.3, 0.4) is 0 Å². The van der Waals surface area contributed by atoms with Crippen molar-refractivity contribution in [3.63, 3.8) is 0 Å². The topological polar surface area (TPSA) is 92.7 Å². The summed E-state index contributed by atoms with van der Waals surface area (Å²) in [7, 11) is -3.23. The minimum Gasteiger partial charge on any atom is -0.465 e. The van der Waals surface area contributed by atoms with Crippen LogP contribution in [0, 0.1) is 0 Å². The summed E-state index contributed by atoms with van der Waals surface area (Å²) in [5.41, 5.74) is -0.00975. The predicted molar refractivity (Wildman–Crippen MR) is 53.0 cm³/mol. The van der Waals surface area contributed by atoms with E-state index in [1.165, 1.54) is 25.3 Å². The highest BCUT2D eigenvalue weighted by Gasteiger charge is 2.14. The molecule has 0 amide bonds. The number of methoxy groups -OCH3 is 1. The number of rotatable bonds is 3. The van der Waals surface area contributed by atoms with Crippen molar-refractivity contribution < 1.29 is 22.5 Å². The molecule has 0 bridgehead atoms. The fourth-order valence-electron chi connectivity index (χ4n) is 0.999. The van der Waals surface area contributed by atoms with Crippen LogP contribution in [0.15, 0.2) is 24.3 Å². The van der Waals surface area contributed by atoms with Crippen molar-refractivity contribution in [1.82, 2.24) is 0 Å². The fraction of sp³-hybridized carbons (Fsp3) is 0.125. The maximum absolute atomic E-state index is 11.2. The van der Waals surface area contributed by atoms with Crippen molar-refractivity contribution in [1.29, 1.82) is 0 Å². The maximum atomic E-state index is 11.2. The first-order valence-corrected chi connectivity index (χ1v) is 5.30. The Morgan fingerprint density at radius 3 is 2.53 bits per heavy atom. The lowest BCUT2D eigenvalue weighted by molar-refractivity contribution is 0.0602. The molecule has 0 aliphatic carbocycles. The summed E-state index contributed by atoms with van der Waals surface area (Å²) >= 11 is 0. The molecule has 0 heterocycles. The maximum Gasteiger partial charge on any atom is 0.357 e. The molecule has 1 rings (SSSR count). The van der Waals surface area contributed by atoms with E-state index < -0.39 is 16.3 Å². The van der Waals surface area contributed by atoms with Gasteiger partial charge in [-0.2, -0.15) is 8.42 Å². The predicted octanol–water partition coefficient (Wildman–Crippen LogP) is 0.688. The molecule has 0 saturated heterocycles. The van der Waals surface area contributed by atoms with Crippen molar-refractivity contribution in [3.8, 4) is 0 Å². The van der Waals surface area contributed by atoms with Crippen LogP contribution in [0.2, 0.25) is 0 Å². The highest BCUT2D eigenvalue weighted by Crippen LogP contribution is 2.16. The monoisotopic (exact) mass is 231 g/mol. The van der Waals surface area contributed by atoms with Gasteiger partial charge in [-0.1, -0.05) is 12.1 Å². The third kappa shape index (κ3) is 3.22. The Hall–Kier alpha value is -1.60. The summed E-state index contributed by atoms with van der Waals surface area (Å²) in [6.45, 7) is 0. The average Bonchev–Trinajstić information content (AvgIpc) is 2.15. The first-order chi connectivity index (χ1) is 6.94. The van der Waals surface area contributed by atoms with Gasteiger partial charge >= 0.3 is 16.3 Å². The standard InChI is InChI=1S/C8H9NO5S/c1-14-8(10)6-4-2-3-5-7(6)9-15(11,12)13/h2-5,9H,1H3,(H,11,12,13). The molecule has 0 aliphatic rings. The van der Waals surface area contributed by atoms with E-state index in [0.717, 1.165) is 0 Å². The lowest BCUT2D eigenvalue weighted by atomic mass is 10.2. The zero-order valence-electron chi connectivity index (χ0n) is 7.80. The van der Waals surface area contributed by atoms with Gasteiger partial charge < -0.3 is 4.74 Å². The van der Waals surface area contributed by atoms with Gasteiger partial charge in [-0.3, -0.25) is 9.27 Å². The van der Waals surface area contributed by atoms with E-state index in [-0.39, 0.29) is 11.3 Å². The first kappa shape index (κ1) is 11.5. The lowest BCUT2D eigenvalue weighted by Gasteiger charge is -2.07. The molecule has 2 N–H and O–H groups in total. The van der Waals surface area contributed by atoms with Gasteiger partial charge in [0.15, 0.2) is 0 Å². The van der Waals surface area contributed by atoms with Crippen LogP contribution in [0.5, 0.6) is 0 Å². The molecule has 0 atom stereocenters. The highest BCUT2D eigenvalue weighted by molar-refractivity contribution is 7.87. The smallest absolute Gasteiger partial charge is 0.357 e. The first-order valence-electron chi connectivity index (χ1n) is 3.86. The number of nitrogens with one attached hydrogen (secondary N) is 1. The number of para-hydroxylation sites is 1. The molecule has 1 aromatic carbocycles. The quantitative estimate of drug-likeness (QED) is 0.589.